The smallest absolute Gasteiger partial charge is 0.00883 e. The first kappa shape index (κ1) is 6.21. The predicted molar refractivity (Wildman–Crippen MR) is 43.7 cm³/mol. The van der Waals surface area contributed by atoms with E-state index in [2.05, 4.69) is 26.2 Å². The van der Waals surface area contributed by atoms with Gasteiger partial charge >= 0.3 is 0 Å². The molecule has 2 aliphatic rings. The van der Waals surface area contributed by atoms with Crippen molar-refractivity contribution >= 4 is 0 Å². The average molecular weight is 134 g/mol. The first-order valence-corrected chi connectivity index (χ1v) is 4.00. The standard InChI is InChI=1S/C10H14/c1-4-10(3)7(2)5-8-6-9(8)10/h4,8-9H,1-2,5-6H2,3H3. The summed E-state index contributed by atoms with van der Waals surface area (Å²) in [5, 5.41) is 0. The third kappa shape index (κ3) is 0.524. The Morgan fingerprint density at radius 2 is 2.40 bits per heavy atom. The Bertz CT molecular complexity index is 202. The van der Waals surface area contributed by atoms with Crippen LogP contribution in [-0.4, -0.2) is 0 Å². The quantitative estimate of drug-likeness (QED) is 0.484. The molecule has 2 saturated carbocycles. The number of allylic oxidation sites excluding steroid dienone is 2. The van der Waals surface area contributed by atoms with Crippen LogP contribution in [0.25, 0.3) is 0 Å². The molecule has 0 radical (unpaired) electrons. The second kappa shape index (κ2) is 1.55. The van der Waals surface area contributed by atoms with Crippen LogP contribution in [0.2, 0.25) is 0 Å². The third-order valence-corrected chi connectivity index (χ3v) is 3.39. The van der Waals surface area contributed by atoms with E-state index in [-0.39, 0.29) is 0 Å². The van der Waals surface area contributed by atoms with Gasteiger partial charge in [-0.1, -0.05) is 25.2 Å². The summed E-state index contributed by atoms with van der Waals surface area (Å²) in [5.74, 6) is 1.87. The largest absolute Gasteiger partial charge is 0.102 e. The van der Waals surface area contributed by atoms with Gasteiger partial charge in [-0.2, -0.15) is 0 Å². The van der Waals surface area contributed by atoms with E-state index < -0.39 is 0 Å². The molecule has 0 nitrogen and oxygen atoms in total. The van der Waals surface area contributed by atoms with E-state index in [4.69, 9.17) is 0 Å². The lowest BCUT2D eigenvalue weighted by Gasteiger charge is -2.23. The highest BCUT2D eigenvalue weighted by Gasteiger charge is 2.55. The second-order valence-corrected chi connectivity index (χ2v) is 3.90. The maximum atomic E-state index is 4.09. The molecule has 2 aliphatic carbocycles. The van der Waals surface area contributed by atoms with Crippen LogP contribution in [0, 0.1) is 17.3 Å². The second-order valence-electron chi connectivity index (χ2n) is 3.90. The lowest BCUT2D eigenvalue weighted by molar-refractivity contribution is 0.470. The highest BCUT2D eigenvalue weighted by molar-refractivity contribution is 5.30. The summed E-state index contributed by atoms with van der Waals surface area (Å²) in [5.41, 5.74) is 1.70. The van der Waals surface area contributed by atoms with E-state index in [1.54, 1.807) is 0 Å². The minimum absolute atomic E-state index is 0.296. The topological polar surface area (TPSA) is 0 Å². The molecule has 0 amide bonds. The lowest BCUT2D eigenvalue weighted by Crippen LogP contribution is -2.13. The van der Waals surface area contributed by atoms with Gasteiger partial charge in [0.2, 0.25) is 0 Å². The zero-order valence-corrected chi connectivity index (χ0v) is 6.56. The van der Waals surface area contributed by atoms with Crippen molar-refractivity contribution < 1.29 is 0 Å². The summed E-state index contributed by atoms with van der Waals surface area (Å²) >= 11 is 0. The van der Waals surface area contributed by atoms with Crippen molar-refractivity contribution in [3.05, 3.63) is 24.8 Å². The SMILES string of the molecule is C=CC1(C)C(=C)CC2CC21. The predicted octanol–water partition coefficient (Wildman–Crippen LogP) is 2.77. The van der Waals surface area contributed by atoms with Gasteiger partial charge in [-0.3, -0.25) is 0 Å². The molecule has 10 heavy (non-hydrogen) atoms. The summed E-state index contributed by atoms with van der Waals surface area (Å²) in [6, 6.07) is 0. The van der Waals surface area contributed by atoms with E-state index in [1.165, 1.54) is 18.4 Å². The van der Waals surface area contributed by atoms with Crippen LogP contribution in [0.1, 0.15) is 19.8 Å². The number of hydrogen-bond donors (Lipinski definition) is 0. The van der Waals surface area contributed by atoms with Crippen LogP contribution < -0.4 is 0 Å². The Balaban J connectivity index is 2.33. The fraction of sp³-hybridized carbons (Fsp3) is 0.600. The van der Waals surface area contributed by atoms with E-state index in [0.29, 0.717) is 5.41 Å². The molecule has 0 aromatic heterocycles. The molecule has 0 heterocycles. The highest BCUT2D eigenvalue weighted by Crippen LogP contribution is 2.64. The van der Waals surface area contributed by atoms with Crippen LogP contribution in [-0.2, 0) is 0 Å². The van der Waals surface area contributed by atoms with Gasteiger partial charge in [0.05, 0.1) is 0 Å². The molecule has 0 bridgehead atoms. The maximum absolute atomic E-state index is 4.09. The fourth-order valence-corrected chi connectivity index (χ4v) is 2.30. The first-order valence-electron chi connectivity index (χ1n) is 4.00. The van der Waals surface area contributed by atoms with Gasteiger partial charge in [-0.25, -0.2) is 0 Å². The maximum Gasteiger partial charge on any atom is 0.00883 e. The normalized spacial score (nSPS) is 50.7. The van der Waals surface area contributed by atoms with E-state index in [9.17, 15) is 0 Å². The summed E-state index contributed by atoms with van der Waals surface area (Å²) in [6.45, 7) is 10.2. The molecule has 0 aromatic carbocycles. The Hall–Kier alpha value is -0.520. The van der Waals surface area contributed by atoms with Gasteiger partial charge in [-0.15, -0.1) is 6.58 Å². The van der Waals surface area contributed by atoms with Gasteiger partial charge in [0.1, 0.15) is 0 Å². The molecule has 0 saturated heterocycles. The zero-order valence-electron chi connectivity index (χ0n) is 6.56. The molecular formula is C10H14. The number of hydrogen-bond acceptors (Lipinski definition) is 0. The van der Waals surface area contributed by atoms with Crippen molar-refractivity contribution in [2.45, 2.75) is 19.8 Å². The molecule has 2 rings (SSSR count). The molecule has 3 unspecified atom stereocenters. The molecule has 0 heteroatoms. The first-order chi connectivity index (χ1) is 4.68. The van der Waals surface area contributed by atoms with E-state index in [0.717, 1.165) is 11.8 Å². The van der Waals surface area contributed by atoms with Gasteiger partial charge < -0.3 is 0 Å². The van der Waals surface area contributed by atoms with Crippen molar-refractivity contribution in [3.63, 3.8) is 0 Å². The average Bonchev–Trinajstić information content (AvgIpc) is 2.61. The van der Waals surface area contributed by atoms with Gasteiger partial charge in [0.25, 0.3) is 0 Å². The van der Waals surface area contributed by atoms with Crippen LogP contribution in [0.5, 0.6) is 0 Å². The van der Waals surface area contributed by atoms with Crippen molar-refractivity contribution in [2.75, 3.05) is 0 Å². The van der Waals surface area contributed by atoms with Gasteiger partial charge in [0.15, 0.2) is 0 Å². The van der Waals surface area contributed by atoms with Crippen LogP contribution in [0.3, 0.4) is 0 Å². The third-order valence-electron chi connectivity index (χ3n) is 3.39. The lowest BCUT2D eigenvalue weighted by atomic mass is 9.82. The molecule has 0 spiro atoms. The summed E-state index contributed by atoms with van der Waals surface area (Å²) in [7, 11) is 0. The highest BCUT2D eigenvalue weighted by atomic mass is 14.6. The number of fused-ring (bicyclic) bond motifs is 1. The van der Waals surface area contributed by atoms with Crippen molar-refractivity contribution in [1.29, 1.82) is 0 Å². The Morgan fingerprint density at radius 1 is 1.70 bits per heavy atom. The zero-order chi connectivity index (χ0) is 7.35. The Morgan fingerprint density at radius 3 is 2.70 bits per heavy atom. The summed E-state index contributed by atoms with van der Waals surface area (Å²) in [6.07, 6.45) is 4.77. The molecule has 3 atom stereocenters. The minimum Gasteiger partial charge on any atom is -0.102 e. The fourth-order valence-electron chi connectivity index (χ4n) is 2.30. The molecular weight excluding hydrogens is 120 g/mol. The Kier molecular flexibility index (Phi) is 0.964. The van der Waals surface area contributed by atoms with Crippen LogP contribution in [0.15, 0.2) is 24.8 Å². The van der Waals surface area contributed by atoms with Crippen LogP contribution in [0.4, 0.5) is 0 Å². The molecule has 0 aromatic rings. The molecule has 54 valence electrons. The van der Waals surface area contributed by atoms with E-state index in [1.807, 2.05) is 0 Å². The van der Waals surface area contributed by atoms with E-state index >= 15 is 0 Å². The number of rotatable bonds is 1. The minimum atomic E-state index is 0.296. The summed E-state index contributed by atoms with van der Waals surface area (Å²) in [4.78, 5) is 0. The van der Waals surface area contributed by atoms with Crippen molar-refractivity contribution in [2.24, 2.45) is 17.3 Å². The monoisotopic (exact) mass is 134 g/mol. The Labute approximate surface area is 62.6 Å². The van der Waals surface area contributed by atoms with Crippen LogP contribution >= 0.6 is 0 Å². The van der Waals surface area contributed by atoms with Crippen molar-refractivity contribution in [1.82, 2.24) is 0 Å². The van der Waals surface area contributed by atoms with Gasteiger partial charge in [-0.05, 0) is 24.7 Å². The molecule has 2 fully saturated rings. The molecule has 0 N–H and O–H groups in total. The van der Waals surface area contributed by atoms with Gasteiger partial charge in [0, 0.05) is 5.41 Å². The summed E-state index contributed by atoms with van der Waals surface area (Å²) < 4.78 is 0. The molecule has 0 aliphatic heterocycles. The van der Waals surface area contributed by atoms with Crippen molar-refractivity contribution in [3.8, 4) is 0 Å².